The molecule has 1 rings (SSSR count). The van der Waals surface area contributed by atoms with Crippen molar-refractivity contribution in [1.29, 1.82) is 0 Å². The van der Waals surface area contributed by atoms with Gasteiger partial charge in [0.05, 0.1) is 5.69 Å². The van der Waals surface area contributed by atoms with E-state index in [1.54, 1.807) is 4.68 Å². The normalized spacial score (nSPS) is 10.9. The second-order valence-electron chi connectivity index (χ2n) is 4.07. The second-order valence-corrected chi connectivity index (χ2v) is 4.07. The summed E-state index contributed by atoms with van der Waals surface area (Å²) < 4.78 is 1.79. The molecule has 0 saturated carbocycles. The third kappa shape index (κ3) is 2.78. The van der Waals surface area contributed by atoms with E-state index in [1.807, 2.05) is 0 Å². The first-order chi connectivity index (χ1) is 7.06. The van der Waals surface area contributed by atoms with Gasteiger partial charge >= 0.3 is 0 Å². The molecule has 0 aliphatic rings. The summed E-state index contributed by atoms with van der Waals surface area (Å²) >= 11 is 0. The van der Waals surface area contributed by atoms with Gasteiger partial charge < -0.3 is 5.73 Å². The molecule has 0 spiro atoms. The van der Waals surface area contributed by atoms with Crippen molar-refractivity contribution in [1.82, 2.24) is 15.0 Å². The van der Waals surface area contributed by atoms with Gasteiger partial charge in [-0.3, -0.25) is 4.79 Å². The topological polar surface area (TPSA) is 73.8 Å². The van der Waals surface area contributed by atoms with Crippen LogP contribution in [0.25, 0.3) is 0 Å². The summed E-state index contributed by atoms with van der Waals surface area (Å²) in [7, 11) is 0. The van der Waals surface area contributed by atoms with Crippen LogP contribution in [-0.4, -0.2) is 20.9 Å². The summed E-state index contributed by atoms with van der Waals surface area (Å²) in [5.74, 6) is -0.0171. The number of amides is 1. The SMILES string of the molecule is CCCc1c(C(N)=O)nnn1CC(C)C. The number of hydrogen-bond acceptors (Lipinski definition) is 3. The molecule has 0 atom stereocenters. The van der Waals surface area contributed by atoms with Crippen molar-refractivity contribution in [2.24, 2.45) is 11.7 Å². The Bertz CT molecular complexity index is 343. The van der Waals surface area contributed by atoms with Crippen molar-refractivity contribution in [2.75, 3.05) is 0 Å². The molecule has 84 valence electrons. The van der Waals surface area contributed by atoms with Crippen LogP contribution in [0.5, 0.6) is 0 Å². The van der Waals surface area contributed by atoms with E-state index in [9.17, 15) is 4.79 Å². The Balaban J connectivity index is 3.00. The molecule has 5 heteroatoms. The molecule has 15 heavy (non-hydrogen) atoms. The van der Waals surface area contributed by atoms with Gasteiger partial charge in [0, 0.05) is 6.54 Å². The molecule has 0 bridgehead atoms. The second kappa shape index (κ2) is 4.91. The van der Waals surface area contributed by atoms with Gasteiger partial charge in [0.25, 0.3) is 5.91 Å². The molecule has 0 aliphatic carbocycles. The first-order valence-electron chi connectivity index (χ1n) is 5.28. The zero-order valence-corrected chi connectivity index (χ0v) is 9.53. The minimum Gasteiger partial charge on any atom is -0.364 e. The molecular formula is C10H18N4O. The van der Waals surface area contributed by atoms with Gasteiger partial charge in [0.2, 0.25) is 0 Å². The van der Waals surface area contributed by atoms with Gasteiger partial charge in [-0.1, -0.05) is 32.4 Å². The molecule has 1 heterocycles. The van der Waals surface area contributed by atoms with Crippen LogP contribution in [-0.2, 0) is 13.0 Å². The largest absolute Gasteiger partial charge is 0.364 e. The Morgan fingerprint density at radius 1 is 1.53 bits per heavy atom. The molecule has 0 radical (unpaired) electrons. The van der Waals surface area contributed by atoms with Crippen molar-refractivity contribution in [2.45, 2.75) is 40.2 Å². The Morgan fingerprint density at radius 3 is 2.67 bits per heavy atom. The molecular weight excluding hydrogens is 192 g/mol. The van der Waals surface area contributed by atoms with Crippen LogP contribution in [0.3, 0.4) is 0 Å². The molecule has 0 fully saturated rings. The van der Waals surface area contributed by atoms with Gasteiger partial charge in [-0.15, -0.1) is 5.10 Å². The third-order valence-corrected chi connectivity index (χ3v) is 2.10. The lowest BCUT2D eigenvalue weighted by atomic mass is 10.1. The number of rotatable bonds is 5. The van der Waals surface area contributed by atoms with Crippen LogP contribution in [0.1, 0.15) is 43.4 Å². The zero-order chi connectivity index (χ0) is 11.4. The van der Waals surface area contributed by atoms with E-state index in [4.69, 9.17) is 5.73 Å². The van der Waals surface area contributed by atoms with E-state index in [1.165, 1.54) is 0 Å². The van der Waals surface area contributed by atoms with Gasteiger partial charge in [-0.2, -0.15) is 0 Å². The van der Waals surface area contributed by atoms with E-state index >= 15 is 0 Å². The fraction of sp³-hybridized carbons (Fsp3) is 0.700. The maximum absolute atomic E-state index is 11.1. The molecule has 0 unspecified atom stereocenters. The monoisotopic (exact) mass is 210 g/mol. The summed E-state index contributed by atoms with van der Waals surface area (Å²) in [6.07, 6.45) is 1.74. The van der Waals surface area contributed by atoms with Crippen LogP contribution >= 0.6 is 0 Å². The first kappa shape index (κ1) is 11.7. The summed E-state index contributed by atoms with van der Waals surface area (Å²) in [6, 6.07) is 0. The van der Waals surface area contributed by atoms with Crippen LogP contribution in [0.15, 0.2) is 0 Å². The Kier molecular flexibility index (Phi) is 3.82. The number of nitrogens with two attached hydrogens (primary N) is 1. The molecule has 0 aliphatic heterocycles. The predicted molar refractivity (Wildman–Crippen MR) is 57.4 cm³/mol. The van der Waals surface area contributed by atoms with Crippen LogP contribution in [0, 0.1) is 5.92 Å². The first-order valence-corrected chi connectivity index (χ1v) is 5.28. The van der Waals surface area contributed by atoms with Crippen LogP contribution in [0.4, 0.5) is 0 Å². The van der Waals surface area contributed by atoms with Gasteiger partial charge in [-0.25, -0.2) is 4.68 Å². The Morgan fingerprint density at radius 2 is 2.20 bits per heavy atom. The summed E-state index contributed by atoms with van der Waals surface area (Å²) in [5, 5.41) is 7.79. The van der Waals surface area contributed by atoms with Crippen LogP contribution in [0.2, 0.25) is 0 Å². The fourth-order valence-electron chi connectivity index (χ4n) is 1.50. The van der Waals surface area contributed by atoms with Crippen LogP contribution < -0.4 is 5.73 Å². The number of carbonyl (C=O) groups excluding carboxylic acids is 1. The highest BCUT2D eigenvalue weighted by Gasteiger charge is 2.16. The maximum Gasteiger partial charge on any atom is 0.271 e. The predicted octanol–water partition coefficient (Wildman–Crippen LogP) is 0.985. The standard InChI is InChI=1S/C10H18N4O/c1-4-5-8-9(10(11)15)12-13-14(8)6-7(2)3/h7H,4-6H2,1-3H3,(H2,11,15). The van der Waals surface area contributed by atoms with E-state index in [2.05, 4.69) is 31.1 Å². The van der Waals surface area contributed by atoms with E-state index in [0.717, 1.165) is 25.1 Å². The molecule has 1 aromatic rings. The molecule has 2 N–H and O–H groups in total. The van der Waals surface area contributed by atoms with Crippen molar-refractivity contribution < 1.29 is 4.79 Å². The highest BCUT2D eigenvalue weighted by molar-refractivity contribution is 5.91. The summed E-state index contributed by atoms with van der Waals surface area (Å²) in [4.78, 5) is 11.1. The van der Waals surface area contributed by atoms with Gasteiger partial charge in [-0.05, 0) is 12.3 Å². The van der Waals surface area contributed by atoms with Crippen molar-refractivity contribution in [3.05, 3.63) is 11.4 Å². The number of nitrogens with zero attached hydrogens (tertiary/aromatic N) is 3. The molecule has 1 aromatic heterocycles. The van der Waals surface area contributed by atoms with Gasteiger partial charge in [0.15, 0.2) is 5.69 Å². The fourth-order valence-corrected chi connectivity index (χ4v) is 1.50. The molecule has 1 amide bonds. The minimum absolute atomic E-state index is 0.317. The third-order valence-electron chi connectivity index (χ3n) is 2.10. The molecule has 0 saturated heterocycles. The van der Waals surface area contributed by atoms with E-state index < -0.39 is 5.91 Å². The average Bonchev–Trinajstić information content (AvgIpc) is 2.48. The number of aromatic nitrogens is 3. The number of primary amides is 1. The quantitative estimate of drug-likeness (QED) is 0.787. The van der Waals surface area contributed by atoms with E-state index in [-0.39, 0.29) is 0 Å². The summed E-state index contributed by atoms with van der Waals surface area (Å²) in [5.41, 5.74) is 6.41. The lowest BCUT2D eigenvalue weighted by Crippen LogP contribution is -2.16. The zero-order valence-electron chi connectivity index (χ0n) is 9.53. The van der Waals surface area contributed by atoms with Crippen molar-refractivity contribution in [3.8, 4) is 0 Å². The van der Waals surface area contributed by atoms with Crippen molar-refractivity contribution >= 4 is 5.91 Å². The highest BCUT2D eigenvalue weighted by Crippen LogP contribution is 2.10. The number of carbonyl (C=O) groups is 1. The Hall–Kier alpha value is -1.39. The lowest BCUT2D eigenvalue weighted by molar-refractivity contribution is 0.0994. The Labute approximate surface area is 89.6 Å². The highest BCUT2D eigenvalue weighted by atomic mass is 16.1. The minimum atomic E-state index is -0.492. The maximum atomic E-state index is 11.1. The summed E-state index contributed by atoms with van der Waals surface area (Å²) in [6.45, 7) is 7.02. The van der Waals surface area contributed by atoms with E-state index in [0.29, 0.717) is 11.6 Å². The lowest BCUT2D eigenvalue weighted by Gasteiger charge is -2.08. The average molecular weight is 210 g/mol. The molecule has 5 nitrogen and oxygen atoms in total. The number of hydrogen-bond donors (Lipinski definition) is 1. The molecule has 0 aromatic carbocycles. The smallest absolute Gasteiger partial charge is 0.271 e. The van der Waals surface area contributed by atoms with Gasteiger partial charge in [0.1, 0.15) is 0 Å². The van der Waals surface area contributed by atoms with Crippen molar-refractivity contribution in [3.63, 3.8) is 0 Å².